The highest BCUT2D eigenvalue weighted by atomic mass is 16.6. The lowest BCUT2D eigenvalue weighted by molar-refractivity contribution is -0.157. The molecule has 5 nitrogen and oxygen atoms in total. The molecule has 1 rings (SSSR count). The van der Waals surface area contributed by atoms with E-state index in [0.29, 0.717) is 12.4 Å². The average molecular weight is 254 g/mol. The summed E-state index contributed by atoms with van der Waals surface area (Å²) >= 11 is 0. The highest BCUT2D eigenvalue weighted by Gasteiger charge is 2.21. The van der Waals surface area contributed by atoms with Crippen molar-refractivity contribution in [2.75, 3.05) is 0 Å². The first-order valence-electron chi connectivity index (χ1n) is 6.21. The molecule has 1 N–H and O–H groups in total. The normalized spacial score (nSPS) is 13.4. The Labute approximate surface area is 108 Å². The molecule has 0 radical (unpaired) electrons. The molecule has 0 aliphatic heterocycles. The first kappa shape index (κ1) is 14.7. The first-order valence-corrected chi connectivity index (χ1v) is 6.21. The third kappa shape index (κ3) is 4.87. The first-order chi connectivity index (χ1) is 8.31. The van der Waals surface area contributed by atoms with Gasteiger partial charge in [-0.1, -0.05) is 6.92 Å². The highest BCUT2D eigenvalue weighted by molar-refractivity contribution is 5.75. The number of oxazole rings is 1. The quantitative estimate of drug-likeness (QED) is 0.815. The minimum absolute atomic E-state index is 0.273. The Bertz CT molecular complexity index is 393. The van der Waals surface area contributed by atoms with Gasteiger partial charge in [0.15, 0.2) is 0 Å². The van der Waals surface area contributed by atoms with Gasteiger partial charge in [-0.2, -0.15) is 0 Å². The van der Waals surface area contributed by atoms with Gasteiger partial charge in [0.1, 0.15) is 17.4 Å². The summed E-state index contributed by atoms with van der Waals surface area (Å²) in [6.45, 7) is 9.72. The molecule has 1 unspecified atom stereocenters. The second-order valence-electron chi connectivity index (χ2n) is 5.21. The Kier molecular flexibility index (Phi) is 4.90. The maximum Gasteiger partial charge on any atom is 0.323 e. The molecule has 0 saturated heterocycles. The lowest BCUT2D eigenvalue weighted by Crippen LogP contribution is -2.38. The monoisotopic (exact) mass is 254 g/mol. The maximum absolute atomic E-state index is 11.7. The SMILES string of the molecule is CCc1cnc(CNC(C)C(=O)OC(C)(C)C)o1. The van der Waals surface area contributed by atoms with Crippen LogP contribution in [0, 0.1) is 0 Å². The van der Waals surface area contributed by atoms with Gasteiger partial charge < -0.3 is 9.15 Å². The van der Waals surface area contributed by atoms with Crippen LogP contribution in [-0.2, 0) is 22.5 Å². The van der Waals surface area contributed by atoms with Gasteiger partial charge in [-0.25, -0.2) is 4.98 Å². The number of hydrogen-bond donors (Lipinski definition) is 1. The van der Waals surface area contributed by atoms with Crippen molar-refractivity contribution in [3.63, 3.8) is 0 Å². The number of hydrogen-bond acceptors (Lipinski definition) is 5. The minimum atomic E-state index is -0.467. The van der Waals surface area contributed by atoms with E-state index in [1.54, 1.807) is 13.1 Å². The van der Waals surface area contributed by atoms with Crippen LogP contribution in [0.5, 0.6) is 0 Å². The van der Waals surface area contributed by atoms with Gasteiger partial charge in [0.05, 0.1) is 12.7 Å². The smallest absolute Gasteiger partial charge is 0.323 e. The summed E-state index contributed by atoms with van der Waals surface area (Å²) in [6, 6.07) is -0.388. The van der Waals surface area contributed by atoms with Gasteiger partial charge >= 0.3 is 5.97 Å². The van der Waals surface area contributed by atoms with Gasteiger partial charge in [0.25, 0.3) is 0 Å². The fraction of sp³-hybridized carbons (Fsp3) is 0.692. The van der Waals surface area contributed by atoms with E-state index in [2.05, 4.69) is 10.3 Å². The third-order valence-electron chi connectivity index (χ3n) is 2.27. The summed E-state index contributed by atoms with van der Waals surface area (Å²) in [6.07, 6.45) is 2.52. The Morgan fingerprint density at radius 3 is 2.72 bits per heavy atom. The largest absolute Gasteiger partial charge is 0.459 e. The van der Waals surface area contributed by atoms with Crippen LogP contribution in [0.1, 0.15) is 46.3 Å². The fourth-order valence-corrected chi connectivity index (χ4v) is 1.31. The second kappa shape index (κ2) is 6.00. The van der Waals surface area contributed by atoms with Crippen molar-refractivity contribution < 1.29 is 13.9 Å². The predicted octanol–water partition coefficient (Wildman–Crippen LogP) is 2.06. The molecule has 0 bridgehead atoms. The predicted molar refractivity (Wildman–Crippen MR) is 68.0 cm³/mol. The van der Waals surface area contributed by atoms with Crippen LogP contribution < -0.4 is 5.32 Å². The van der Waals surface area contributed by atoms with Crippen molar-refractivity contribution in [2.24, 2.45) is 0 Å². The van der Waals surface area contributed by atoms with Crippen LogP contribution in [0.3, 0.4) is 0 Å². The molecule has 102 valence electrons. The van der Waals surface area contributed by atoms with Gasteiger partial charge in [-0.3, -0.25) is 10.1 Å². The zero-order valence-electron chi connectivity index (χ0n) is 11.7. The van der Waals surface area contributed by atoms with Gasteiger partial charge in [-0.15, -0.1) is 0 Å². The van der Waals surface area contributed by atoms with Gasteiger partial charge in [0.2, 0.25) is 5.89 Å². The van der Waals surface area contributed by atoms with E-state index in [1.807, 2.05) is 27.7 Å². The lowest BCUT2D eigenvalue weighted by Gasteiger charge is -2.22. The molecule has 1 heterocycles. The number of ether oxygens (including phenoxy) is 1. The molecule has 1 aromatic rings. The molecular weight excluding hydrogens is 232 g/mol. The molecule has 0 aliphatic rings. The lowest BCUT2D eigenvalue weighted by atomic mass is 10.2. The molecule has 0 saturated carbocycles. The van der Waals surface area contributed by atoms with Gasteiger partial charge in [-0.05, 0) is 27.7 Å². The van der Waals surface area contributed by atoms with E-state index in [4.69, 9.17) is 9.15 Å². The van der Waals surface area contributed by atoms with Crippen LogP contribution in [0.25, 0.3) is 0 Å². The summed E-state index contributed by atoms with van der Waals surface area (Å²) in [7, 11) is 0. The van der Waals surface area contributed by atoms with E-state index >= 15 is 0 Å². The standard InChI is InChI=1S/C13H22N2O3/c1-6-10-7-15-11(17-10)8-14-9(2)12(16)18-13(3,4)5/h7,9,14H,6,8H2,1-5H3. The Morgan fingerprint density at radius 1 is 1.56 bits per heavy atom. The Balaban J connectivity index is 2.41. The van der Waals surface area contributed by atoms with Crippen LogP contribution in [0.2, 0.25) is 0 Å². The molecule has 18 heavy (non-hydrogen) atoms. The number of carbonyl (C=O) groups is 1. The highest BCUT2D eigenvalue weighted by Crippen LogP contribution is 2.09. The molecule has 0 amide bonds. The van der Waals surface area contributed by atoms with Crippen molar-refractivity contribution in [3.05, 3.63) is 17.8 Å². The number of aromatic nitrogens is 1. The molecule has 0 aliphatic carbocycles. The van der Waals surface area contributed by atoms with E-state index in [0.717, 1.165) is 12.2 Å². The maximum atomic E-state index is 11.7. The van der Waals surface area contributed by atoms with Crippen molar-refractivity contribution in [2.45, 2.75) is 59.2 Å². The number of carbonyl (C=O) groups excluding carboxylic acids is 1. The summed E-state index contributed by atoms with van der Waals surface area (Å²) in [4.78, 5) is 15.8. The second-order valence-corrected chi connectivity index (χ2v) is 5.21. The number of nitrogens with zero attached hydrogens (tertiary/aromatic N) is 1. The molecule has 0 spiro atoms. The molecule has 0 aromatic carbocycles. The van der Waals surface area contributed by atoms with Crippen molar-refractivity contribution in [1.82, 2.24) is 10.3 Å². The number of esters is 1. The molecule has 1 aromatic heterocycles. The van der Waals surface area contributed by atoms with E-state index in [-0.39, 0.29) is 12.0 Å². The van der Waals surface area contributed by atoms with E-state index < -0.39 is 5.60 Å². The molecule has 1 atom stereocenters. The minimum Gasteiger partial charge on any atom is -0.459 e. The third-order valence-corrected chi connectivity index (χ3v) is 2.27. The molecular formula is C13H22N2O3. The Hall–Kier alpha value is -1.36. The Morgan fingerprint density at radius 2 is 2.22 bits per heavy atom. The number of rotatable bonds is 5. The zero-order chi connectivity index (χ0) is 13.8. The van der Waals surface area contributed by atoms with E-state index in [1.165, 1.54) is 0 Å². The summed E-state index contributed by atoms with van der Waals surface area (Å²) in [5.74, 6) is 1.16. The zero-order valence-corrected chi connectivity index (χ0v) is 11.7. The van der Waals surface area contributed by atoms with Crippen LogP contribution >= 0.6 is 0 Å². The summed E-state index contributed by atoms with van der Waals surface area (Å²) < 4.78 is 10.7. The fourth-order valence-electron chi connectivity index (χ4n) is 1.31. The number of nitrogens with one attached hydrogen (secondary N) is 1. The van der Waals surface area contributed by atoms with Crippen molar-refractivity contribution in [1.29, 1.82) is 0 Å². The van der Waals surface area contributed by atoms with Gasteiger partial charge in [0, 0.05) is 6.42 Å². The van der Waals surface area contributed by atoms with E-state index in [9.17, 15) is 4.79 Å². The number of aryl methyl sites for hydroxylation is 1. The molecule has 5 heteroatoms. The van der Waals surface area contributed by atoms with Crippen LogP contribution in [-0.4, -0.2) is 22.6 Å². The van der Waals surface area contributed by atoms with Crippen molar-refractivity contribution in [3.8, 4) is 0 Å². The summed E-state index contributed by atoms with van der Waals surface area (Å²) in [5, 5.41) is 3.03. The molecule has 0 fully saturated rings. The van der Waals surface area contributed by atoms with Crippen LogP contribution in [0.15, 0.2) is 10.6 Å². The average Bonchev–Trinajstić information content (AvgIpc) is 2.71. The summed E-state index contributed by atoms with van der Waals surface area (Å²) in [5.41, 5.74) is -0.467. The van der Waals surface area contributed by atoms with Crippen molar-refractivity contribution >= 4 is 5.97 Å². The van der Waals surface area contributed by atoms with Crippen LogP contribution in [0.4, 0.5) is 0 Å². The topological polar surface area (TPSA) is 64.4 Å².